The van der Waals surface area contributed by atoms with E-state index in [2.05, 4.69) is 4.99 Å². The molecule has 0 amide bonds. The summed E-state index contributed by atoms with van der Waals surface area (Å²) in [6, 6.07) is 9.32. The molecule has 0 fully saturated rings. The van der Waals surface area contributed by atoms with Gasteiger partial charge >= 0.3 is 7.60 Å². The third-order valence-corrected chi connectivity index (χ3v) is 6.71. The van der Waals surface area contributed by atoms with Crippen LogP contribution in [0.3, 0.4) is 0 Å². The van der Waals surface area contributed by atoms with Gasteiger partial charge in [-0.3, -0.25) is 9.13 Å². The number of aliphatic imine (C=N–C) groups is 1. The molecule has 0 aromatic heterocycles. The van der Waals surface area contributed by atoms with E-state index in [1.165, 1.54) is 6.34 Å². The van der Waals surface area contributed by atoms with E-state index in [4.69, 9.17) is 14.5 Å². The lowest BCUT2D eigenvalue weighted by molar-refractivity contribution is 0.296. The summed E-state index contributed by atoms with van der Waals surface area (Å²) in [5.41, 5.74) is -1.93. The SMILES string of the molecule is CN(/C=N/C(P(C)(=O)O)P(=O)(O)O)CCCOc1ccccc1. The minimum Gasteiger partial charge on any atom is -0.494 e. The molecule has 130 valence electrons. The number of hydrogen-bond donors (Lipinski definition) is 3. The summed E-state index contributed by atoms with van der Waals surface area (Å²) < 4.78 is 28.2. The second-order valence-corrected chi connectivity index (χ2v) is 9.59. The molecule has 3 N–H and O–H groups in total. The van der Waals surface area contributed by atoms with Gasteiger partial charge in [-0.25, -0.2) is 4.99 Å². The van der Waals surface area contributed by atoms with Crippen molar-refractivity contribution in [2.75, 3.05) is 26.9 Å². The quantitative estimate of drug-likeness (QED) is 0.264. The van der Waals surface area contributed by atoms with E-state index >= 15 is 0 Å². The minimum absolute atomic E-state index is 0.469. The molecule has 1 aromatic rings. The van der Waals surface area contributed by atoms with Crippen molar-refractivity contribution in [2.24, 2.45) is 4.99 Å². The standard InChI is InChI=1S/C13H22N2O6P2/c1-15(9-6-10-21-12-7-4-3-5-8-12)11-14-13(22(2,16)17)23(18,19)20/h3-5,7-8,11,13H,6,9-10H2,1-2H3,(H,16,17)(H2,18,19,20)/b14-11+. The van der Waals surface area contributed by atoms with Crippen LogP contribution >= 0.6 is 15.0 Å². The van der Waals surface area contributed by atoms with Crippen LogP contribution in [0.5, 0.6) is 5.75 Å². The highest BCUT2D eigenvalue weighted by molar-refractivity contribution is 7.73. The molecule has 0 spiro atoms. The Bertz CT molecular complexity index is 576. The lowest BCUT2D eigenvalue weighted by atomic mass is 10.3. The first-order chi connectivity index (χ1) is 10.6. The summed E-state index contributed by atoms with van der Waals surface area (Å²) in [6.07, 6.45) is 1.82. The fourth-order valence-electron chi connectivity index (χ4n) is 1.74. The lowest BCUT2D eigenvalue weighted by Gasteiger charge is -2.19. The van der Waals surface area contributed by atoms with Gasteiger partial charge in [0.15, 0.2) is 0 Å². The van der Waals surface area contributed by atoms with Crippen LogP contribution in [0.4, 0.5) is 0 Å². The molecule has 0 aliphatic heterocycles. The Morgan fingerprint density at radius 1 is 1.26 bits per heavy atom. The molecule has 0 bridgehead atoms. The summed E-state index contributed by atoms with van der Waals surface area (Å²) in [6.45, 7) is 1.86. The van der Waals surface area contributed by atoms with Gasteiger partial charge in [0.05, 0.1) is 12.9 Å². The number of hydrogen-bond acceptors (Lipinski definition) is 4. The predicted molar refractivity (Wildman–Crippen MR) is 89.3 cm³/mol. The van der Waals surface area contributed by atoms with Gasteiger partial charge < -0.3 is 24.3 Å². The Morgan fingerprint density at radius 2 is 1.87 bits per heavy atom. The molecule has 0 saturated heterocycles. The second-order valence-electron chi connectivity index (χ2n) is 5.14. The van der Waals surface area contributed by atoms with Crippen molar-refractivity contribution in [1.82, 2.24) is 4.90 Å². The minimum atomic E-state index is -4.79. The lowest BCUT2D eigenvalue weighted by Crippen LogP contribution is -2.21. The van der Waals surface area contributed by atoms with Crippen LogP contribution in [0.1, 0.15) is 6.42 Å². The van der Waals surface area contributed by atoms with E-state index < -0.39 is 20.5 Å². The Hall–Kier alpha value is -1.17. The summed E-state index contributed by atoms with van der Waals surface area (Å²) in [5.74, 6) is 0.762. The van der Waals surface area contributed by atoms with E-state index in [1.807, 2.05) is 30.3 Å². The molecule has 23 heavy (non-hydrogen) atoms. The highest BCUT2D eigenvalue weighted by atomic mass is 31.2. The summed E-state index contributed by atoms with van der Waals surface area (Å²) >= 11 is 0. The first-order valence-electron chi connectivity index (χ1n) is 6.87. The van der Waals surface area contributed by atoms with E-state index in [-0.39, 0.29) is 0 Å². The molecule has 10 heteroatoms. The molecule has 8 nitrogen and oxygen atoms in total. The van der Waals surface area contributed by atoms with Gasteiger partial charge in [-0.2, -0.15) is 0 Å². The number of ether oxygens (including phenoxy) is 1. The molecule has 0 saturated carbocycles. The fourth-order valence-corrected chi connectivity index (χ4v) is 4.51. The largest absolute Gasteiger partial charge is 0.494 e. The smallest absolute Gasteiger partial charge is 0.359 e. The molecule has 2 atom stereocenters. The topological polar surface area (TPSA) is 120 Å². The Balaban J connectivity index is 2.44. The van der Waals surface area contributed by atoms with Crippen LogP contribution in [0, 0.1) is 0 Å². The summed E-state index contributed by atoms with van der Waals surface area (Å²) in [7, 11) is -7.17. The molecule has 0 heterocycles. The van der Waals surface area contributed by atoms with Gasteiger partial charge in [0.1, 0.15) is 5.75 Å². The summed E-state index contributed by atoms with van der Waals surface area (Å²) in [4.78, 5) is 32.7. The molecule has 0 aliphatic carbocycles. The molecule has 1 rings (SSSR count). The Morgan fingerprint density at radius 3 is 2.39 bits per heavy atom. The van der Waals surface area contributed by atoms with E-state index in [0.29, 0.717) is 19.6 Å². The zero-order valence-corrected chi connectivity index (χ0v) is 14.8. The first-order valence-corrected chi connectivity index (χ1v) is 10.7. The van der Waals surface area contributed by atoms with Crippen molar-refractivity contribution >= 4 is 21.3 Å². The summed E-state index contributed by atoms with van der Waals surface area (Å²) in [5, 5.41) is 0. The Labute approximate surface area is 135 Å². The van der Waals surface area contributed by atoms with Gasteiger partial charge in [0, 0.05) is 20.3 Å². The number of para-hydroxylation sites is 1. The van der Waals surface area contributed by atoms with Crippen LogP contribution in [0.2, 0.25) is 0 Å². The van der Waals surface area contributed by atoms with Crippen molar-refractivity contribution in [1.29, 1.82) is 0 Å². The van der Waals surface area contributed by atoms with Crippen LogP contribution < -0.4 is 4.74 Å². The highest BCUT2D eigenvalue weighted by Gasteiger charge is 2.40. The van der Waals surface area contributed by atoms with Crippen molar-refractivity contribution in [3.8, 4) is 5.75 Å². The van der Waals surface area contributed by atoms with Gasteiger partial charge in [0.2, 0.25) is 12.9 Å². The van der Waals surface area contributed by atoms with E-state index in [1.54, 1.807) is 11.9 Å². The molecular formula is C13H22N2O6P2. The molecular weight excluding hydrogens is 342 g/mol. The number of benzene rings is 1. The number of rotatable bonds is 9. The van der Waals surface area contributed by atoms with Crippen molar-refractivity contribution in [3.05, 3.63) is 30.3 Å². The predicted octanol–water partition coefficient (Wildman–Crippen LogP) is 1.78. The average molecular weight is 364 g/mol. The third-order valence-electron chi connectivity index (χ3n) is 2.79. The van der Waals surface area contributed by atoms with E-state index in [0.717, 1.165) is 12.4 Å². The van der Waals surface area contributed by atoms with E-state index in [9.17, 15) is 14.0 Å². The maximum absolute atomic E-state index is 11.5. The van der Waals surface area contributed by atoms with Gasteiger partial charge in [-0.15, -0.1) is 0 Å². The monoisotopic (exact) mass is 364 g/mol. The van der Waals surface area contributed by atoms with Gasteiger partial charge in [-0.1, -0.05) is 18.2 Å². The van der Waals surface area contributed by atoms with Crippen LogP contribution in [0.25, 0.3) is 0 Å². The third kappa shape index (κ3) is 7.77. The second kappa shape index (κ2) is 8.62. The average Bonchev–Trinajstić information content (AvgIpc) is 2.42. The van der Waals surface area contributed by atoms with Gasteiger partial charge in [-0.05, 0) is 18.6 Å². The van der Waals surface area contributed by atoms with Crippen LogP contribution in [-0.4, -0.2) is 58.3 Å². The highest BCUT2D eigenvalue weighted by Crippen LogP contribution is 2.60. The fraction of sp³-hybridized carbons (Fsp3) is 0.462. The molecule has 1 aromatic carbocycles. The molecule has 2 unspecified atom stereocenters. The zero-order chi connectivity index (χ0) is 17.5. The first kappa shape index (κ1) is 19.9. The van der Waals surface area contributed by atoms with Gasteiger partial charge in [0.25, 0.3) is 0 Å². The normalized spacial score (nSPS) is 16.0. The van der Waals surface area contributed by atoms with Crippen molar-refractivity contribution in [2.45, 2.75) is 11.9 Å². The molecule has 0 aliphatic rings. The number of nitrogens with zero attached hydrogens (tertiary/aromatic N) is 2. The zero-order valence-electron chi connectivity index (χ0n) is 13.0. The van der Waals surface area contributed by atoms with Crippen molar-refractivity contribution in [3.63, 3.8) is 0 Å². The van der Waals surface area contributed by atoms with Crippen LogP contribution in [-0.2, 0) is 9.13 Å². The maximum atomic E-state index is 11.5. The van der Waals surface area contributed by atoms with Crippen LogP contribution in [0.15, 0.2) is 35.3 Å². The molecule has 0 radical (unpaired) electrons. The Kier molecular flexibility index (Phi) is 7.45. The van der Waals surface area contributed by atoms with Crippen molar-refractivity contribution < 1.29 is 28.5 Å². The maximum Gasteiger partial charge on any atom is 0.359 e.